The summed E-state index contributed by atoms with van der Waals surface area (Å²) in [6, 6.07) is 1.51. The van der Waals surface area contributed by atoms with E-state index >= 15 is 0 Å². The minimum atomic E-state index is -0.289. The number of aromatic amines is 1. The summed E-state index contributed by atoms with van der Waals surface area (Å²) < 4.78 is 4.84. The third kappa shape index (κ3) is 2.67. The van der Waals surface area contributed by atoms with E-state index in [1.807, 2.05) is 0 Å². The maximum atomic E-state index is 11.8. The number of methoxy groups -OCH3 is 1. The van der Waals surface area contributed by atoms with Crippen LogP contribution in [0.2, 0.25) is 0 Å². The van der Waals surface area contributed by atoms with Gasteiger partial charge >= 0.3 is 0 Å². The molecule has 1 fully saturated rings. The number of nitrogens with one attached hydrogen (secondary N) is 2. The minimum Gasteiger partial charge on any atom is -0.491 e. The second-order valence-electron chi connectivity index (χ2n) is 4.23. The van der Waals surface area contributed by atoms with Crippen LogP contribution >= 0.6 is 0 Å². The molecule has 0 saturated heterocycles. The summed E-state index contributed by atoms with van der Waals surface area (Å²) in [6.45, 7) is 0. The summed E-state index contributed by atoms with van der Waals surface area (Å²) in [7, 11) is 1.42. The highest BCUT2D eigenvalue weighted by atomic mass is 16.5. The summed E-state index contributed by atoms with van der Waals surface area (Å²) in [5.74, 6) is -0.0148. The molecule has 5 heteroatoms. The molecule has 1 amide bonds. The Hall–Kier alpha value is -1.78. The van der Waals surface area contributed by atoms with Crippen molar-refractivity contribution in [2.24, 2.45) is 0 Å². The molecule has 1 heterocycles. The first-order chi connectivity index (χ1) is 8.20. The molecule has 1 aliphatic carbocycles. The Morgan fingerprint density at radius 3 is 2.76 bits per heavy atom. The van der Waals surface area contributed by atoms with Crippen LogP contribution in [0.3, 0.4) is 0 Å². The van der Waals surface area contributed by atoms with Crippen LogP contribution in [0.4, 0.5) is 0 Å². The van der Waals surface area contributed by atoms with Crippen molar-refractivity contribution in [1.29, 1.82) is 0 Å². The second-order valence-corrected chi connectivity index (χ2v) is 4.23. The lowest BCUT2D eigenvalue weighted by molar-refractivity contribution is 0.0932. The van der Waals surface area contributed by atoms with Crippen LogP contribution in [-0.4, -0.2) is 24.0 Å². The number of rotatable bonds is 3. The Kier molecular flexibility index (Phi) is 3.46. The molecular weight excluding hydrogens is 220 g/mol. The molecule has 92 valence electrons. The highest BCUT2D eigenvalue weighted by Gasteiger charge is 2.18. The first-order valence-electron chi connectivity index (χ1n) is 5.78. The molecule has 5 nitrogen and oxygen atoms in total. The number of hydrogen-bond donors (Lipinski definition) is 2. The van der Waals surface area contributed by atoms with Gasteiger partial charge in [-0.3, -0.25) is 9.59 Å². The van der Waals surface area contributed by atoms with Crippen LogP contribution in [0.15, 0.2) is 17.1 Å². The number of H-pyrrole nitrogens is 1. The fourth-order valence-corrected chi connectivity index (χ4v) is 2.08. The van der Waals surface area contributed by atoms with E-state index in [9.17, 15) is 9.59 Å². The summed E-state index contributed by atoms with van der Waals surface area (Å²) in [5.41, 5.74) is -0.00878. The zero-order chi connectivity index (χ0) is 12.3. The Bertz CT molecular complexity index is 461. The lowest BCUT2D eigenvalue weighted by Gasteiger charge is -2.11. The van der Waals surface area contributed by atoms with Gasteiger partial charge in [0.2, 0.25) is 5.43 Å². The molecule has 2 rings (SSSR count). The third-order valence-electron chi connectivity index (χ3n) is 3.03. The van der Waals surface area contributed by atoms with Crippen molar-refractivity contribution < 1.29 is 9.53 Å². The molecule has 0 atom stereocenters. The topological polar surface area (TPSA) is 71.2 Å². The van der Waals surface area contributed by atoms with E-state index in [1.165, 1.54) is 19.4 Å². The Balaban J connectivity index is 2.08. The van der Waals surface area contributed by atoms with Gasteiger partial charge < -0.3 is 15.0 Å². The molecule has 0 bridgehead atoms. The highest BCUT2D eigenvalue weighted by Crippen LogP contribution is 2.17. The molecule has 1 aromatic heterocycles. The van der Waals surface area contributed by atoms with Crippen LogP contribution in [-0.2, 0) is 0 Å². The van der Waals surface area contributed by atoms with Gasteiger partial charge in [0.25, 0.3) is 5.91 Å². The Labute approximate surface area is 99.2 Å². The van der Waals surface area contributed by atoms with Crippen molar-refractivity contribution >= 4 is 5.91 Å². The van der Waals surface area contributed by atoms with Crippen molar-refractivity contribution in [1.82, 2.24) is 10.3 Å². The zero-order valence-electron chi connectivity index (χ0n) is 9.79. The van der Waals surface area contributed by atoms with E-state index in [2.05, 4.69) is 10.3 Å². The maximum Gasteiger partial charge on any atom is 0.268 e. The second kappa shape index (κ2) is 5.03. The molecule has 0 aliphatic heterocycles. The van der Waals surface area contributed by atoms with Gasteiger partial charge in [0.15, 0.2) is 5.75 Å². The highest BCUT2D eigenvalue weighted by molar-refractivity contribution is 5.92. The van der Waals surface area contributed by atoms with Crippen molar-refractivity contribution in [2.75, 3.05) is 7.11 Å². The van der Waals surface area contributed by atoms with Crippen LogP contribution in [0.5, 0.6) is 5.75 Å². The average molecular weight is 236 g/mol. The number of aromatic nitrogens is 1. The van der Waals surface area contributed by atoms with Gasteiger partial charge in [0.05, 0.1) is 7.11 Å². The fraction of sp³-hybridized carbons (Fsp3) is 0.500. The summed E-state index contributed by atoms with van der Waals surface area (Å²) in [4.78, 5) is 26.1. The molecule has 0 spiro atoms. The SMILES string of the molecule is COc1c[nH]c(C(=O)NC2CCCC2)cc1=O. The number of carbonyl (C=O) groups is 1. The largest absolute Gasteiger partial charge is 0.491 e. The van der Waals surface area contributed by atoms with Crippen LogP contribution in [0.25, 0.3) is 0 Å². The predicted molar refractivity (Wildman–Crippen MR) is 63.3 cm³/mol. The molecule has 0 unspecified atom stereocenters. The summed E-state index contributed by atoms with van der Waals surface area (Å²) in [6.07, 6.45) is 5.76. The van der Waals surface area contributed by atoms with Gasteiger partial charge in [-0.2, -0.15) is 0 Å². The first-order valence-corrected chi connectivity index (χ1v) is 5.78. The fourth-order valence-electron chi connectivity index (χ4n) is 2.08. The molecule has 0 radical (unpaired) electrons. The smallest absolute Gasteiger partial charge is 0.268 e. The van der Waals surface area contributed by atoms with Crippen molar-refractivity contribution in [2.45, 2.75) is 31.7 Å². The zero-order valence-corrected chi connectivity index (χ0v) is 9.79. The quantitative estimate of drug-likeness (QED) is 0.824. The predicted octanol–water partition coefficient (Wildman–Crippen LogP) is 1.06. The molecule has 1 saturated carbocycles. The van der Waals surface area contributed by atoms with E-state index in [-0.39, 0.29) is 28.8 Å². The molecule has 2 N–H and O–H groups in total. The average Bonchev–Trinajstić information content (AvgIpc) is 2.81. The Morgan fingerprint density at radius 1 is 1.47 bits per heavy atom. The van der Waals surface area contributed by atoms with Gasteiger partial charge in [-0.15, -0.1) is 0 Å². The van der Waals surface area contributed by atoms with Crippen LogP contribution in [0.1, 0.15) is 36.2 Å². The van der Waals surface area contributed by atoms with Gasteiger partial charge in [-0.25, -0.2) is 0 Å². The number of pyridine rings is 1. The van der Waals surface area contributed by atoms with E-state index in [0.717, 1.165) is 25.7 Å². The first kappa shape index (κ1) is 11.7. The van der Waals surface area contributed by atoms with Crippen molar-refractivity contribution in [3.63, 3.8) is 0 Å². The number of ether oxygens (including phenoxy) is 1. The number of hydrogen-bond acceptors (Lipinski definition) is 3. The summed E-state index contributed by atoms with van der Waals surface area (Å²) >= 11 is 0. The van der Waals surface area contributed by atoms with Crippen LogP contribution in [0, 0.1) is 0 Å². The van der Waals surface area contributed by atoms with Gasteiger partial charge in [0, 0.05) is 18.3 Å². The lowest BCUT2D eigenvalue weighted by atomic mass is 10.2. The van der Waals surface area contributed by atoms with Crippen molar-refractivity contribution in [3.05, 3.63) is 28.2 Å². The standard InChI is InChI=1S/C12H16N2O3/c1-17-11-7-13-9(6-10(11)15)12(16)14-8-4-2-3-5-8/h6-8H,2-5H2,1H3,(H,13,15)(H,14,16). The van der Waals surface area contributed by atoms with Gasteiger partial charge in [-0.1, -0.05) is 12.8 Å². The van der Waals surface area contributed by atoms with Crippen LogP contribution < -0.4 is 15.5 Å². The van der Waals surface area contributed by atoms with E-state index < -0.39 is 0 Å². The molecular formula is C12H16N2O3. The number of amides is 1. The lowest BCUT2D eigenvalue weighted by Crippen LogP contribution is -2.33. The normalized spacial score (nSPS) is 15.8. The monoisotopic (exact) mass is 236 g/mol. The molecule has 1 aliphatic rings. The Morgan fingerprint density at radius 2 is 2.18 bits per heavy atom. The molecule has 17 heavy (non-hydrogen) atoms. The third-order valence-corrected chi connectivity index (χ3v) is 3.03. The van der Waals surface area contributed by atoms with Gasteiger partial charge in [-0.05, 0) is 12.8 Å². The van der Waals surface area contributed by atoms with Gasteiger partial charge in [0.1, 0.15) is 5.69 Å². The van der Waals surface area contributed by atoms with Crippen molar-refractivity contribution in [3.8, 4) is 5.75 Å². The van der Waals surface area contributed by atoms with E-state index in [0.29, 0.717) is 0 Å². The molecule has 1 aromatic rings. The van der Waals surface area contributed by atoms with E-state index in [1.54, 1.807) is 0 Å². The van der Waals surface area contributed by atoms with E-state index in [4.69, 9.17) is 4.74 Å². The maximum absolute atomic E-state index is 11.8. The number of carbonyl (C=O) groups excluding carboxylic acids is 1. The molecule has 0 aromatic carbocycles. The summed E-state index contributed by atoms with van der Waals surface area (Å²) in [5, 5.41) is 2.91. The minimum absolute atomic E-state index is 0.211.